The summed E-state index contributed by atoms with van der Waals surface area (Å²) in [6.07, 6.45) is 1.57. The molecule has 0 aromatic heterocycles. The van der Waals surface area contributed by atoms with Crippen LogP contribution in [-0.4, -0.2) is 13.2 Å². The second-order valence-corrected chi connectivity index (χ2v) is 2.42. The van der Waals surface area contributed by atoms with Gasteiger partial charge in [-0.3, -0.25) is 0 Å². The molecular formula is C3H6B2. The van der Waals surface area contributed by atoms with E-state index in [-0.39, 0.29) is 0 Å². The highest BCUT2D eigenvalue weighted by molar-refractivity contribution is 7.59. The van der Waals surface area contributed by atoms with Gasteiger partial charge in [-0.1, -0.05) is 12.6 Å². The maximum atomic E-state index is 2.35. The normalized spacial score (nSPS) is 30.6. The minimum atomic E-state index is 1.15. The standard InChI is InChI=1S/C3H6B2/c1-3-4-2-5(3)4/h3H,2H2,1H3. The van der Waals surface area contributed by atoms with Crippen LogP contribution in [0.2, 0.25) is 11.9 Å². The van der Waals surface area contributed by atoms with Crippen LogP contribution in [0.3, 0.4) is 0 Å². The first kappa shape index (κ1) is 2.33. The Hall–Kier alpha value is 0.130. The van der Waals surface area contributed by atoms with Crippen molar-refractivity contribution in [2.45, 2.75) is 18.9 Å². The minimum absolute atomic E-state index is 1.15. The molecule has 0 aliphatic carbocycles. The van der Waals surface area contributed by atoms with Gasteiger partial charge in [0.25, 0.3) is 0 Å². The predicted octanol–water partition coefficient (Wildman–Crippen LogP) is 0.550. The van der Waals surface area contributed by atoms with Crippen molar-refractivity contribution in [3.63, 3.8) is 0 Å². The van der Waals surface area contributed by atoms with Gasteiger partial charge in [-0.25, -0.2) is 0 Å². The molecule has 24 valence electrons. The second kappa shape index (κ2) is 0.394. The number of rotatable bonds is 0. The maximum absolute atomic E-state index is 2.35. The lowest BCUT2D eigenvalue weighted by molar-refractivity contribution is 1.33. The molecule has 0 saturated carbocycles. The summed E-state index contributed by atoms with van der Waals surface area (Å²) in [6, 6.07) is 0. The van der Waals surface area contributed by atoms with Crippen LogP contribution in [0.4, 0.5) is 0 Å². The van der Waals surface area contributed by atoms with Crippen molar-refractivity contribution >= 4 is 13.2 Å². The van der Waals surface area contributed by atoms with E-state index in [4.69, 9.17) is 0 Å². The fraction of sp³-hybridized carbons (Fsp3) is 1.00. The topological polar surface area (TPSA) is 0 Å². The third-order valence-electron chi connectivity index (χ3n) is 2.10. The van der Waals surface area contributed by atoms with Gasteiger partial charge in [-0.2, -0.15) is 0 Å². The van der Waals surface area contributed by atoms with Crippen molar-refractivity contribution in [2.75, 3.05) is 0 Å². The molecule has 2 saturated heterocycles. The van der Waals surface area contributed by atoms with Crippen LogP contribution in [0.15, 0.2) is 0 Å². The van der Waals surface area contributed by atoms with Gasteiger partial charge in [0.05, 0.1) is 13.2 Å². The van der Waals surface area contributed by atoms with Crippen molar-refractivity contribution in [3.8, 4) is 0 Å². The maximum Gasteiger partial charge on any atom is 0.0944 e. The van der Waals surface area contributed by atoms with Crippen molar-refractivity contribution in [3.05, 3.63) is 0 Å². The first-order valence-electron chi connectivity index (χ1n) is 2.39. The van der Waals surface area contributed by atoms with Gasteiger partial charge in [0.1, 0.15) is 0 Å². The quantitative estimate of drug-likeness (QED) is 0.360. The van der Waals surface area contributed by atoms with Gasteiger partial charge in [-0.05, 0) is 0 Å². The molecule has 0 atom stereocenters. The summed E-state index contributed by atoms with van der Waals surface area (Å²) in [5, 5.41) is 0. The average Bonchev–Trinajstić information content (AvgIpc) is 2.11. The summed E-state index contributed by atoms with van der Waals surface area (Å²) >= 11 is 0. The Balaban J connectivity index is 2.19. The highest BCUT2D eigenvalue weighted by atomic mass is 14.1. The van der Waals surface area contributed by atoms with Gasteiger partial charge in [0.15, 0.2) is 0 Å². The fourth-order valence-electron chi connectivity index (χ4n) is 1.11. The van der Waals surface area contributed by atoms with Gasteiger partial charge in [0.2, 0.25) is 0 Å². The van der Waals surface area contributed by atoms with Gasteiger partial charge in [0, 0.05) is 0 Å². The molecule has 0 aromatic carbocycles. The van der Waals surface area contributed by atoms with Crippen LogP contribution in [0, 0.1) is 0 Å². The van der Waals surface area contributed by atoms with Crippen LogP contribution in [0.25, 0.3) is 0 Å². The van der Waals surface area contributed by atoms with E-state index in [9.17, 15) is 0 Å². The molecule has 2 heterocycles. The molecule has 0 nitrogen and oxygen atoms in total. The van der Waals surface area contributed by atoms with E-state index in [1.54, 1.807) is 6.22 Å². The molecule has 2 heteroatoms. The Morgan fingerprint density at radius 2 is 2.00 bits per heavy atom. The van der Waals surface area contributed by atoms with Crippen molar-refractivity contribution in [1.29, 1.82) is 0 Å². The molecule has 0 bridgehead atoms. The molecule has 2 aliphatic heterocycles. The molecule has 2 aliphatic rings. The lowest BCUT2D eigenvalue weighted by Gasteiger charge is -1.82. The number of hydrogen-bond acceptors (Lipinski definition) is 0. The summed E-state index contributed by atoms with van der Waals surface area (Å²) in [5.41, 5.74) is 1.15. The Morgan fingerprint density at radius 1 is 1.60 bits per heavy atom. The molecule has 0 aromatic rings. The van der Waals surface area contributed by atoms with Crippen molar-refractivity contribution in [2.24, 2.45) is 0 Å². The summed E-state index contributed by atoms with van der Waals surface area (Å²) < 4.78 is 0. The molecule has 0 amide bonds. The first-order valence-corrected chi connectivity index (χ1v) is 2.39. The Morgan fingerprint density at radius 3 is 2.00 bits per heavy atom. The van der Waals surface area contributed by atoms with E-state index in [0.29, 0.717) is 0 Å². The van der Waals surface area contributed by atoms with Crippen LogP contribution in [0.5, 0.6) is 0 Å². The Bertz CT molecular complexity index is 56.5. The zero-order chi connectivity index (χ0) is 3.44. The smallest absolute Gasteiger partial charge is 0.0944 e. The summed E-state index contributed by atoms with van der Waals surface area (Å²) in [7, 11) is 0. The highest BCUT2D eigenvalue weighted by Gasteiger charge is 2.66. The largest absolute Gasteiger partial charge is 0.107 e. The highest BCUT2D eigenvalue weighted by Crippen LogP contribution is 2.53. The van der Waals surface area contributed by atoms with E-state index in [1.807, 2.05) is 0 Å². The lowest BCUT2D eigenvalue weighted by atomic mass is 9.79. The van der Waals surface area contributed by atoms with E-state index in [2.05, 4.69) is 6.92 Å². The number of fused-ring (bicyclic) bond motifs is 1. The van der Waals surface area contributed by atoms with Crippen LogP contribution >= 0.6 is 0 Å². The van der Waals surface area contributed by atoms with E-state index < -0.39 is 0 Å². The van der Waals surface area contributed by atoms with Gasteiger partial charge >= 0.3 is 0 Å². The molecule has 5 heavy (non-hydrogen) atoms. The Labute approximate surface area is 33.1 Å². The van der Waals surface area contributed by atoms with E-state index in [0.717, 1.165) is 5.72 Å². The summed E-state index contributed by atoms with van der Waals surface area (Å²) in [4.78, 5) is 0. The monoisotopic (exact) mass is 64.1 g/mol. The summed E-state index contributed by atoms with van der Waals surface area (Å²) in [6.45, 7) is 4.78. The third-order valence-corrected chi connectivity index (χ3v) is 2.10. The molecule has 0 unspecified atom stereocenters. The van der Waals surface area contributed by atoms with Crippen molar-refractivity contribution in [1.82, 2.24) is 0 Å². The zero-order valence-electron chi connectivity index (χ0n) is 3.44. The third kappa shape index (κ3) is 0.127. The van der Waals surface area contributed by atoms with E-state index >= 15 is 0 Å². The Kier molecular flexibility index (Phi) is 0.184. The zero-order valence-corrected chi connectivity index (χ0v) is 3.44. The lowest BCUT2D eigenvalue weighted by Crippen LogP contribution is -1.76. The first-order chi connectivity index (χ1) is 2.39. The molecule has 2 fully saturated rings. The van der Waals surface area contributed by atoms with Gasteiger partial charge in [-0.15, -0.1) is 6.22 Å². The molecular weight excluding hydrogens is 57.7 g/mol. The fourth-order valence-corrected chi connectivity index (χ4v) is 1.11. The predicted molar refractivity (Wildman–Crippen MR) is 25.7 cm³/mol. The van der Waals surface area contributed by atoms with Crippen molar-refractivity contribution < 1.29 is 0 Å². The van der Waals surface area contributed by atoms with Crippen LogP contribution in [0.1, 0.15) is 6.92 Å². The van der Waals surface area contributed by atoms with E-state index in [1.165, 1.54) is 13.2 Å². The van der Waals surface area contributed by atoms with Crippen LogP contribution < -0.4 is 0 Å². The molecule has 0 N–H and O–H groups in total. The summed E-state index contributed by atoms with van der Waals surface area (Å²) in [5.74, 6) is 0. The SMILES string of the molecule is CC1B2CB21. The molecule has 2 rings (SSSR count). The van der Waals surface area contributed by atoms with Crippen LogP contribution in [-0.2, 0) is 0 Å². The molecule has 0 spiro atoms. The minimum Gasteiger partial charge on any atom is -0.107 e. The average molecular weight is 63.7 g/mol. The second-order valence-electron chi connectivity index (χ2n) is 2.42. The molecule has 0 radical (unpaired) electrons. The number of hydrogen-bond donors (Lipinski definition) is 0. The van der Waals surface area contributed by atoms with Gasteiger partial charge < -0.3 is 0 Å².